The Morgan fingerprint density at radius 3 is 2.45 bits per heavy atom. The van der Waals surface area contributed by atoms with E-state index in [0.29, 0.717) is 5.41 Å². The monoisotopic (exact) mass is 293 g/mol. The number of halogens is 1. The number of hydrogen-bond donors (Lipinski definition) is 1. The molecule has 0 aromatic heterocycles. The van der Waals surface area contributed by atoms with Gasteiger partial charge in [-0.1, -0.05) is 50.4 Å². The number of benzene rings is 1. The smallest absolute Gasteiger partial charge is 0.0406 e. The van der Waals surface area contributed by atoms with Crippen LogP contribution in [0.3, 0.4) is 0 Å². The first-order valence-corrected chi connectivity index (χ1v) is 8.53. The van der Waals surface area contributed by atoms with Crippen LogP contribution in [0.25, 0.3) is 0 Å². The first-order valence-electron chi connectivity index (χ1n) is 8.15. The van der Waals surface area contributed by atoms with Crippen LogP contribution < -0.4 is 5.32 Å². The van der Waals surface area contributed by atoms with Crippen LogP contribution in [0.15, 0.2) is 24.3 Å². The molecule has 1 aliphatic rings. The minimum atomic E-state index is 0.409. The fourth-order valence-corrected chi connectivity index (χ4v) is 3.03. The van der Waals surface area contributed by atoms with Gasteiger partial charge >= 0.3 is 0 Å². The molecule has 1 atom stereocenters. The molecule has 1 aromatic carbocycles. The van der Waals surface area contributed by atoms with Gasteiger partial charge in [0.25, 0.3) is 0 Å². The largest absolute Gasteiger partial charge is 0.313 e. The molecule has 1 saturated carbocycles. The zero-order chi connectivity index (χ0) is 14.4. The molecule has 0 bridgehead atoms. The van der Waals surface area contributed by atoms with Crippen molar-refractivity contribution < 1.29 is 0 Å². The van der Waals surface area contributed by atoms with E-state index in [2.05, 4.69) is 31.3 Å². The maximum absolute atomic E-state index is 6.00. The quantitative estimate of drug-likeness (QED) is 0.658. The van der Waals surface area contributed by atoms with Crippen LogP contribution in [0.4, 0.5) is 0 Å². The molecule has 0 radical (unpaired) electrons. The third kappa shape index (κ3) is 4.79. The summed E-state index contributed by atoms with van der Waals surface area (Å²) in [6.45, 7) is 5.80. The fourth-order valence-electron chi connectivity index (χ4n) is 2.90. The lowest BCUT2D eigenvalue weighted by Gasteiger charge is -2.34. The van der Waals surface area contributed by atoms with Crippen LogP contribution in [-0.2, 0) is 6.42 Å². The minimum Gasteiger partial charge on any atom is -0.313 e. The van der Waals surface area contributed by atoms with Gasteiger partial charge in [0.15, 0.2) is 0 Å². The van der Waals surface area contributed by atoms with Crippen molar-refractivity contribution in [1.82, 2.24) is 5.32 Å². The van der Waals surface area contributed by atoms with Crippen LogP contribution in [-0.4, -0.2) is 12.6 Å². The van der Waals surface area contributed by atoms with Gasteiger partial charge < -0.3 is 5.32 Å². The predicted molar refractivity (Wildman–Crippen MR) is 88.4 cm³/mol. The van der Waals surface area contributed by atoms with E-state index in [1.165, 1.54) is 50.5 Å². The Kier molecular flexibility index (Phi) is 5.92. The number of nitrogens with one attached hydrogen (secondary N) is 1. The third-order valence-corrected chi connectivity index (χ3v) is 4.90. The van der Waals surface area contributed by atoms with Crippen molar-refractivity contribution in [3.63, 3.8) is 0 Å². The Morgan fingerprint density at radius 2 is 1.90 bits per heavy atom. The van der Waals surface area contributed by atoms with E-state index in [4.69, 9.17) is 11.6 Å². The second kappa shape index (κ2) is 7.47. The maximum atomic E-state index is 6.00. The van der Waals surface area contributed by atoms with Crippen molar-refractivity contribution in [2.75, 3.05) is 6.54 Å². The Labute approximate surface area is 129 Å². The van der Waals surface area contributed by atoms with Gasteiger partial charge in [-0.2, -0.15) is 0 Å². The van der Waals surface area contributed by atoms with Crippen LogP contribution >= 0.6 is 11.6 Å². The van der Waals surface area contributed by atoms with E-state index in [-0.39, 0.29) is 0 Å². The van der Waals surface area contributed by atoms with Crippen molar-refractivity contribution >= 4 is 11.6 Å². The van der Waals surface area contributed by atoms with Gasteiger partial charge in [0.1, 0.15) is 0 Å². The molecule has 1 fully saturated rings. The lowest BCUT2D eigenvalue weighted by molar-refractivity contribution is 0.228. The lowest BCUT2D eigenvalue weighted by Crippen LogP contribution is -2.37. The molecule has 2 rings (SSSR count). The molecule has 1 aromatic rings. The molecule has 112 valence electrons. The Balaban J connectivity index is 2.03. The van der Waals surface area contributed by atoms with E-state index < -0.39 is 0 Å². The fraction of sp³-hybridized carbons (Fsp3) is 0.667. The van der Waals surface area contributed by atoms with Crippen molar-refractivity contribution in [2.24, 2.45) is 5.41 Å². The van der Waals surface area contributed by atoms with Crippen molar-refractivity contribution in [2.45, 2.75) is 64.8 Å². The molecule has 0 aliphatic heterocycles. The molecule has 0 spiro atoms. The Hall–Kier alpha value is -0.530. The standard InChI is InChI=1S/C18H28ClN/c1-3-5-12-18(4-2,14-20-17-10-11-17)13-15-6-8-16(19)9-7-15/h6-9,17,20H,3-5,10-14H2,1-2H3. The van der Waals surface area contributed by atoms with Crippen molar-refractivity contribution in [1.29, 1.82) is 0 Å². The molecule has 1 nitrogen and oxygen atoms in total. The number of hydrogen-bond acceptors (Lipinski definition) is 1. The molecule has 1 unspecified atom stereocenters. The van der Waals surface area contributed by atoms with Gasteiger partial charge in [0, 0.05) is 17.6 Å². The van der Waals surface area contributed by atoms with E-state index in [9.17, 15) is 0 Å². The van der Waals surface area contributed by atoms with Crippen LogP contribution in [0.2, 0.25) is 5.02 Å². The highest BCUT2D eigenvalue weighted by atomic mass is 35.5. The van der Waals surface area contributed by atoms with Crippen molar-refractivity contribution in [3.8, 4) is 0 Å². The normalized spacial score (nSPS) is 17.9. The summed E-state index contributed by atoms with van der Waals surface area (Å²) in [5.41, 5.74) is 1.83. The topological polar surface area (TPSA) is 12.0 Å². The second-order valence-corrected chi connectivity index (χ2v) is 6.85. The van der Waals surface area contributed by atoms with Gasteiger partial charge in [0.05, 0.1) is 0 Å². The van der Waals surface area contributed by atoms with Crippen molar-refractivity contribution in [3.05, 3.63) is 34.9 Å². The van der Waals surface area contributed by atoms with E-state index in [0.717, 1.165) is 17.6 Å². The van der Waals surface area contributed by atoms with Crippen LogP contribution in [0.1, 0.15) is 57.9 Å². The molecule has 1 aliphatic carbocycles. The summed E-state index contributed by atoms with van der Waals surface area (Å²) in [4.78, 5) is 0. The molecule has 0 heterocycles. The number of rotatable bonds is 9. The molecule has 2 heteroatoms. The van der Waals surface area contributed by atoms with Crippen LogP contribution in [0.5, 0.6) is 0 Å². The summed E-state index contributed by atoms with van der Waals surface area (Å²) in [7, 11) is 0. The molecular formula is C18H28ClN. The first kappa shape index (κ1) is 15.9. The highest BCUT2D eigenvalue weighted by Crippen LogP contribution is 2.34. The molecule has 1 N–H and O–H groups in total. The molecular weight excluding hydrogens is 266 g/mol. The van der Waals surface area contributed by atoms with Gasteiger partial charge in [-0.3, -0.25) is 0 Å². The second-order valence-electron chi connectivity index (χ2n) is 6.42. The molecule has 0 amide bonds. The third-order valence-electron chi connectivity index (χ3n) is 4.65. The van der Waals surface area contributed by atoms with Gasteiger partial charge in [0.2, 0.25) is 0 Å². The van der Waals surface area contributed by atoms with Gasteiger partial charge in [-0.25, -0.2) is 0 Å². The summed E-state index contributed by atoms with van der Waals surface area (Å²) < 4.78 is 0. The summed E-state index contributed by atoms with van der Waals surface area (Å²) in [5.74, 6) is 0. The van der Waals surface area contributed by atoms with Gasteiger partial charge in [-0.15, -0.1) is 0 Å². The Morgan fingerprint density at radius 1 is 1.20 bits per heavy atom. The number of unbranched alkanes of at least 4 members (excludes halogenated alkanes) is 1. The molecule has 0 saturated heterocycles. The lowest BCUT2D eigenvalue weighted by atomic mass is 9.75. The maximum Gasteiger partial charge on any atom is 0.0406 e. The average Bonchev–Trinajstić information content (AvgIpc) is 3.29. The minimum absolute atomic E-state index is 0.409. The van der Waals surface area contributed by atoms with E-state index >= 15 is 0 Å². The summed E-state index contributed by atoms with van der Waals surface area (Å²) in [6.07, 6.45) is 9.08. The summed E-state index contributed by atoms with van der Waals surface area (Å²) in [6, 6.07) is 9.22. The SMILES string of the molecule is CCCCC(CC)(CNC1CC1)Cc1ccc(Cl)cc1. The van der Waals surface area contributed by atoms with E-state index in [1.807, 2.05) is 12.1 Å². The van der Waals surface area contributed by atoms with E-state index in [1.54, 1.807) is 0 Å². The summed E-state index contributed by atoms with van der Waals surface area (Å²) in [5, 5.41) is 4.60. The zero-order valence-electron chi connectivity index (χ0n) is 12.9. The van der Waals surface area contributed by atoms with Gasteiger partial charge in [-0.05, 0) is 55.2 Å². The highest BCUT2D eigenvalue weighted by molar-refractivity contribution is 6.30. The summed E-state index contributed by atoms with van der Waals surface area (Å²) >= 11 is 6.00. The average molecular weight is 294 g/mol. The molecule has 20 heavy (non-hydrogen) atoms. The highest BCUT2D eigenvalue weighted by Gasteiger charge is 2.31. The zero-order valence-corrected chi connectivity index (χ0v) is 13.7. The first-order chi connectivity index (χ1) is 9.67. The Bertz CT molecular complexity index is 396. The predicted octanol–water partition coefficient (Wildman–Crippen LogP) is 5.22. The van der Waals surface area contributed by atoms with Crippen LogP contribution in [0, 0.1) is 5.41 Å².